The van der Waals surface area contributed by atoms with Gasteiger partial charge in [0.2, 0.25) is 5.90 Å². The highest BCUT2D eigenvalue weighted by molar-refractivity contribution is 5.95. The van der Waals surface area contributed by atoms with Gasteiger partial charge >= 0.3 is 0 Å². The Morgan fingerprint density at radius 3 is 2.71 bits per heavy atom. The number of hydrogen-bond donors (Lipinski definition) is 1. The van der Waals surface area contributed by atoms with Crippen molar-refractivity contribution < 1.29 is 9.13 Å². The molecule has 0 aliphatic carbocycles. The fourth-order valence-corrected chi connectivity index (χ4v) is 1.29. The van der Waals surface area contributed by atoms with Gasteiger partial charge in [0.25, 0.3) is 0 Å². The van der Waals surface area contributed by atoms with Gasteiger partial charge in [-0.3, -0.25) is 0 Å². The lowest BCUT2D eigenvalue weighted by molar-refractivity contribution is 0.319. The van der Waals surface area contributed by atoms with E-state index in [-0.39, 0.29) is 11.9 Å². The summed E-state index contributed by atoms with van der Waals surface area (Å²) in [5.74, 6) is 0.295. The lowest BCUT2D eigenvalue weighted by Gasteiger charge is -2.00. The van der Waals surface area contributed by atoms with Crippen LogP contribution in [0.3, 0.4) is 0 Å². The van der Waals surface area contributed by atoms with Gasteiger partial charge in [-0.25, -0.2) is 9.38 Å². The molecule has 0 aromatic heterocycles. The SMILES string of the molecule is NCC1COC(c2ccc(F)cc2)=N1. The van der Waals surface area contributed by atoms with E-state index in [1.165, 1.54) is 12.1 Å². The van der Waals surface area contributed by atoms with Gasteiger partial charge in [-0.1, -0.05) is 0 Å². The number of benzene rings is 1. The Bertz CT molecular complexity index is 348. The Hall–Kier alpha value is -1.42. The third-order valence-corrected chi connectivity index (χ3v) is 2.08. The van der Waals surface area contributed by atoms with E-state index in [0.29, 0.717) is 19.0 Å². The first-order valence-corrected chi connectivity index (χ1v) is 4.46. The third-order valence-electron chi connectivity index (χ3n) is 2.08. The summed E-state index contributed by atoms with van der Waals surface area (Å²) in [5, 5.41) is 0. The van der Waals surface area contributed by atoms with Crippen LogP contribution in [-0.2, 0) is 4.74 Å². The predicted octanol–water partition coefficient (Wildman–Crippen LogP) is 0.930. The second-order valence-corrected chi connectivity index (χ2v) is 3.14. The smallest absolute Gasteiger partial charge is 0.216 e. The van der Waals surface area contributed by atoms with Gasteiger partial charge in [0.15, 0.2) is 0 Å². The quantitative estimate of drug-likeness (QED) is 0.761. The Labute approximate surface area is 81.4 Å². The maximum atomic E-state index is 12.6. The number of rotatable bonds is 2. The number of aliphatic imine (C=N–C) groups is 1. The van der Waals surface area contributed by atoms with Crippen LogP contribution in [0.2, 0.25) is 0 Å². The van der Waals surface area contributed by atoms with Gasteiger partial charge in [-0.05, 0) is 24.3 Å². The van der Waals surface area contributed by atoms with Crippen LogP contribution in [0, 0.1) is 5.82 Å². The molecule has 0 amide bonds. The fraction of sp³-hybridized carbons (Fsp3) is 0.300. The highest BCUT2D eigenvalue weighted by Crippen LogP contribution is 2.11. The maximum Gasteiger partial charge on any atom is 0.216 e. The highest BCUT2D eigenvalue weighted by atomic mass is 19.1. The van der Waals surface area contributed by atoms with E-state index < -0.39 is 0 Å². The van der Waals surface area contributed by atoms with Gasteiger partial charge < -0.3 is 10.5 Å². The summed E-state index contributed by atoms with van der Waals surface area (Å²) in [6, 6.07) is 6.10. The van der Waals surface area contributed by atoms with E-state index in [0.717, 1.165) is 5.56 Å². The van der Waals surface area contributed by atoms with Crippen molar-refractivity contribution in [2.45, 2.75) is 6.04 Å². The van der Waals surface area contributed by atoms with Crippen molar-refractivity contribution in [3.05, 3.63) is 35.6 Å². The normalized spacial score (nSPS) is 20.4. The molecule has 1 atom stereocenters. The minimum Gasteiger partial charge on any atom is -0.475 e. The summed E-state index contributed by atoms with van der Waals surface area (Å²) >= 11 is 0. The number of nitrogens with zero attached hydrogens (tertiary/aromatic N) is 1. The molecular formula is C10H11FN2O. The summed E-state index contributed by atoms with van der Waals surface area (Å²) in [4.78, 5) is 4.25. The summed E-state index contributed by atoms with van der Waals surface area (Å²) in [5.41, 5.74) is 6.24. The summed E-state index contributed by atoms with van der Waals surface area (Å²) in [6.07, 6.45) is 0. The molecule has 0 saturated heterocycles. The lowest BCUT2D eigenvalue weighted by atomic mass is 10.2. The average Bonchev–Trinajstić information content (AvgIpc) is 2.67. The van der Waals surface area contributed by atoms with Crippen molar-refractivity contribution in [3.8, 4) is 0 Å². The molecule has 0 saturated carbocycles. The van der Waals surface area contributed by atoms with Crippen LogP contribution in [0.5, 0.6) is 0 Å². The van der Waals surface area contributed by atoms with Crippen molar-refractivity contribution in [3.63, 3.8) is 0 Å². The number of ether oxygens (including phenoxy) is 1. The monoisotopic (exact) mass is 194 g/mol. The van der Waals surface area contributed by atoms with Crippen LogP contribution in [0.15, 0.2) is 29.3 Å². The zero-order chi connectivity index (χ0) is 9.97. The molecule has 2 rings (SSSR count). The van der Waals surface area contributed by atoms with E-state index in [4.69, 9.17) is 10.5 Å². The van der Waals surface area contributed by atoms with Gasteiger partial charge in [0, 0.05) is 12.1 Å². The minimum absolute atomic E-state index is 0.0371. The van der Waals surface area contributed by atoms with Gasteiger partial charge in [0.05, 0.1) is 0 Å². The van der Waals surface area contributed by atoms with Crippen molar-refractivity contribution in [1.82, 2.24) is 0 Å². The van der Waals surface area contributed by atoms with Crippen LogP contribution in [0.1, 0.15) is 5.56 Å². The van der Waals surface area contributed by atoms with Crippen LogP contribution < -0.4 is 5.73 Å². The first kappa shape index (κ1) is 9.15. The molecule has 4 heteroatoms. The topological polar surface area (TPSA) is 47.6 Å². The highest BCUT2D eigenvalue weighted by Gasteiger charge is 2.18. The van der Waals surface area contributed by atoms with Crippen molar-refractivity contribution in [2.24, 2.45) is 10.7 Å². The first-order valence-electron chi connectivity index (χ1n) is 4.46. The Balaban J connectivity index is 2.20. The molecule has 14 heavy (non-hydrogen) atoms. The van der Waals surface area contributed by atoms with Crippen LogP contribution >= 0.6 is 0 Å². The molecule has 1 aliphatic rings. The second kappa shape index (κ2) is 3.75. The molecule has 1 unspecified atom stereocenters. The molecule has 74 valence electrons. The minimum atomic E-state index is -0.261. The molecule has 0 spiro atoms. The van der Waals surface area contributed by atoms with Crippen molar-refractivity contribution in [2.75, 3.05) is 13.2 Å². The molecule has 0 bridgehead atoms. The lowest BCUT2D eigenvalue weighted by Crippen LogP contribution is -2.18. The third kappa shape index (κ3) is 1.75. The predicted molar refractivity (Wildman–Crippen MR) is 51.7 cm³/mol. The van der Waals surface area contributed by atoms with Gasteiger partial charge in [-0.2, -0.15) is 0 Å². The summed E-state index contributed by atoms with van der Waals surface area (Å²) in [7, 11) is 0. The number of hydrogen-bond acceptors (Lipinski definition) is 3. The fourth-order valence-electron chi connectivity index (χ4n) is 1.29. The Morgan fingerprint density at radius 2 is 2.14 bits per heavy atom. The average molecular weight is 194 g/mol. The second-order valence-electron chi connectivity index (χ2n) is 3.14. The van der Waals surface area contributed by atoms with Crippen molar-refractivity contribution >= 4 is 5.90 Å². The van der Waals surface area contributed by atoms with Crippen LogP contribution in [0.25, 0.3) is 0 Å². The molecule has 1 aromatic carbocycles. The molecule has 1 aliphatic heterocycles. The molecule has 1 heterocycles. The molecule has 1 aromatic rings. The summed E-state index contributed by atoms with van der Waals surface area (Å²) < 4.78 is 17.9. The molecule has 3 nitrogen and oxygen atoms in total. The van der Waals surface area contributed by atoms with Crippen LogP contribution in [0.4, 0.5) is 4.39 Å². The van der Waals surface area contributed by atoms with Crippen molar-refractivity contribution in [1.29, 1.82) is 0 Å². The van der Waals surface area contributed by atoms with E-state index in [2.05, 4.69) is 4.99 Å². The molecule has 2 N–H and O–H groups in total. The van der Waals surface area contributed by atoms with Crippen LogP contribution in [-0.4, -0.2) is 25.1 Å². The standard InChI is InChI=1S/C10H11FN2O/c11-8-3-1-7(2-4-8)10-13-9(5-12)6-14-10/h1-4,9H,5-6,12H2. The van der Waals surface area contributed by atoms with Gasteiger partial charge in [0.1, 0.15) is 18.5 Å². The van der Waals surface area contributed by atoms with Gasteiger partial charge in [-0.15, -0.1) is 0 Å². The van der Waals surface area contributed by atoms with E-state index >= 15 is 0 Å². The number of nitrogens with two attached hydrogens (primary N) is 1. The Morgan fingerprint density at radius 1 is 1.43 bits per heavy atom. The zero-order valence-corrected chi connectivity index (χ0v) is 7.61. The van der Waals surface area contributed by atoms with E-state index in [1.807, 2.05) is 0 Å². The number of halogens is 1. The Kier molecular flexibility index (Phi) is 2.45. The largest absolute Gasteiger partial charge is 0.475 e. The maximum absolute atomic E-state index is 12.6. The molecule has 0 radical (unpaired) electrons. The van der Waals surface area contributed by atoms with E-state index in [1.54, 1.807) is 12.1 Å². The molecule has 0 fully saturated rings. The molecular weight excluding hydrogens is 183 g/mol. The van der Waals surface area contributed by atoms with E-state index in [9.17, 15) is 4.39 Å². The first-order chi connectivity index (χ1) is 6.79. The zero-order valence-electron chi connectivity index (χ0n) is 7.61. The summed E-state index contributed by atoms with van der Waals surface area (Å²) in [6.45, 7) is 0.994.